The van der Waals surface area contributed by atoms with Crippen LogP contribution in [-0.4, -0.2) is 18.1 Å². The molecule has 3 N–H and O–H groups in total. The van der Waals surface area contributed by atoms with Crippen LogP contribution in [0.25, 0.3) is 0 Å². The van der Waals surface area contributed by atoms with Crippen LogP contribution in [0.3, 0.4) is 0 Å². The summed E-state index contributed by atoms with van der Waals surface area (Å²) in [5.74, 6) is 0. The Morgan fingerprint density at radius 3 is 2.29 bits per heavy atom. The van der Waals surface area contributed by atoms with Crippen molar-refractivity contribution in [1.29, 1.82) is 0 Å². The minimum absolute atomic E-state index is 0.331. The first kappa shape index (κ1) is 12.0. The minimum atomic E-state index is 0.331. The summed E-state index contributed by atoms with van der Waals surface area (Å²) < 4.78 is 0. The van der Waals surface area contributed by atoms with E-state index in [-0.39, 0.29) is 0 Å². The molecule has 0 aliphatic heterocycles. The Kier molecular flexibility index (Phi) is 3.96. The van der Waals surface area contributed by atoms with Gasteiger partial charge in [-0.15, -0.1) is 0 Å². The van der Waals surface area contributed by atoms with E-state index in [1.807, 2.05) is 0 Å². The van der Waals surface area contributed by atoms with Gasteiger partial charge in [-0.2, -0.15) is 0 Å². The third kappa shape index (κ3) is 3.25. The summed E-state index contributed by atoms with van der Waals surface area (Å²) in [7, 11) is 0. The van der Waals surface area contributed by atoms with Crippen molar-refractivity contribution in [2.24, 2.45) is 11.1 Å². The van der Waals surface area contributed by atoms with Gasteiger partial charge in [0.1, 0.15) is 0 Å². The maximum absolute atomic E-state index is 6.11. The molecule has 0 spiro atoms. The molecule has 0 aromatic carbocycles. The molecule has 0 heterocycles. The second-order valence-corrected chi connectivity index (χ2v) is 5.81. The molecular formula is C12H26N2. The summed E-state index contributed by atoms with van der Waals surface area (Å²) in [6.07, 6.45) is 5.08. The SMILES string of the molecule is CC(NC1CCCCC1N)C(C)(C)C. The molecule has 2 nitrogen and oxygen atoms in total. The van der Waals surface area contributed by atoms with Crippen molar-refractivity contribution in [3.8, 4) is 0 Å². The predicted octanol–water partition coefficient (Wildman–Crippen LogP) is 2.28. The van der Waals surface area contributed by atoms with Crippen molar-refractivity contribution in [3.05, 3.63) is 0 Å². The molecule has 1 fully saturated rings. The molecule has 1 rings (SSSR count). The van der Waals surface area contributed by atoms with Crippen LogP contribution < -0.4 is 11.1 Å². The zero-order chi connectivity index (χ0) is 10.8. The first-order chi connectivity index (χ1) is 6.41. The van der Waals surface area contributed by atoms with Gasteiger partial charge >= 0.3 is 0 Å². The molecule has 14 heavy (non-hydrogen) atoms. The Morgan fingerprint density at radius 1 is 1.21 bits per heavy atom. The molecular weight excluding hydrogens is 172 g/mol. The van der Waals surface area contributed by atoms with E-state index < -0.39 is 0 Å². The molecule has 1 aliphatic carbocycles. The van der Waals surface area contributed by atoms with Gasteiger partial charge in [0.2, 0.25) is 0 Å². The van der Waals surface area contributed by atoms with Crippen LogP contribution in [0, 0.1) is 5.41 Å². The molecule has 0 radical (unpaired) electrons. The lowest BCUT2D eigenvalue weighted by Gasteiger charge is -2.37. The zero-order valence-corrected chi connectivity index (χ0v) is 10.1. The van der Waals surface area contributed by atoms with Crippen LogP contribution in [-0.2, 0) is 0 Å². The zero-order valence-electron chi connectivity index (χ0n) is 10.1. The van der Waals surface area contributed by atoms with E-state index >= 15 is 0 Å². The first-order valence-corrected chi connectivity index (χ1v) is 5.93. The van der Waals surface area contributed by atoms with Crippen molar-refractivity contribution in [2.75, 3.05) is 0 Å². The highest BCUT2D eigenvalue weighted by atomic mass is 15.0. The Balaban J connectivity index is 2.42. The molecule has 3 unspecified atom stereocenters. The van der Waals surface area contributed by atoms with Crippen LogP contribution >= 0.6 is 0 Å². The highest BCUT2D eigenvalue weighted by Crippen LogP contribution is 2.23. The number of rotatable bonds is 2. The number of hydrogen-bond acceptors (Lipinski definition) is 2. The number of hydrogen-bond donors (Lipinski definition) is 2. The van der Waals surface area contributed by atoms with E-state index in [9.17, 15) is 0 Å². The second-order valence-electron chi connectivity index (χ2n) is 5.81. The largest absolute Gasteiger partial charge is 0.326 e. The van der Waals surface area contributed by atoms with Crippen molar-refractivity contribution in [3.63, 3.8) is 0 Å². The molecule has 0 saturated heterocycles. The fourth-order valence-corrected chi connectivity index (χ4v) is 1.94. The first-order valence-electron chi connectivity index (χ1n) is 5.93. The molecule has 1 saturated carbocycles. The number of nitrogens with one attached hydrogen (secondary N) is 1. The third-order valence-corrected chi connectivity index (χ3v) is 3.58. The van der Waals surface area contributed by atoms with Gasteiger partial charge in [0.25, 0.3) is 0 Å². The minimum Gasteiger partial charge on any atom is -0.326 e. The van der Waals surface area contributed by atoms with E-state index in [0.717, 1.165) is 0 Å². The van der Waals surface area contributed by atoms with E-state index in [0.29, 0.717) is 23.5 Å². The Morgan fingerprint density at radius 2 is 1.79 bits per heavy atom. The normalized spacial score (nSPS) is 31.5. The third-order valence-electron chi connectivity index (χ3n) is 3.58. The molecule has 3 atom stereocenters. The van der Waals surface area contributed by atoms with Crippen LogP contribution in [0.5, 0.6) is 0 Å². The van der Waals surface area contributed by atoms with E-state index in [1.165, 1.54) is 25.7 Å². The molecule has 0 aromatic heterocycles. The fourth-order valence-electron chi connectivity index (χ4n) is 1.94. The average molecular weight is 198 g/mol. The van der Waals surface area contributed by atoms with Crippen LogP contribution in [0.2, 0.25) is 0 Å². The lowest BCUT2D eigenvalue weighted by molar-refractivity contribution is 0.223. The molecule has 1 aliphatic rings. The van der Waals surface area contributed by atoms with Crippen LogP contribution in [0.4, 0.5) is 0 Å². The summed E-state index contributed by atoms with van der Waals surface area (Å²) in [5.41, 5.74) is 6.44. The lowest BCUT2D eigenvalue weighted by Crippen LogP contribution is -2.53. The summed E-state index contributed by atoms with van der Waals surface area (Å²) in [6.45, 7) is 9.10. The molecule has 2 heteroatoms. The van der Waals surface area contributed by atoms with Crippen molar-refractivity contribution < 1.29 is 0 Å². The van der Waals surface area contributed by atoms with Crippen molar-refractivity contribution >= 4 is 0 Å². The van der Waals surface area contributed by atoms with Crippen LogP contribution in [0.1, 0.15) is 53.4 Å². The standard InChI is InChI=1S/C12H26N2/c1-9(12(2,3)4)14-11-8-6-5-7-10(11)13/h9-11,14H,5-8,13H2,1-4H3. The highest BCUT2D eigenvalue weighted by molar-refractivity contribution is 4.88. The van der Waals surface area contributed by atoms with Gasteiger partial charge in [0.15, 0.2) is 0 Å². The van der Waals surface area contributed by atoms with Gasteiger partial charge in [0, 0.05) is 18.1 Å². The quantitative estimate of drug-likeness (QED) is 0.714. The number of nitrogens with two attached hydrogens (primary N) is 1. The summed E-state index contributed by atoms with van der Waals surface area (Å²) in [4.78, 5) is 0. The van der Waals surface area contributed by atoms with E-state index in [2.05, 4.69) is 33.0 Å². The van der Waals surface area contributed by atoms with Crippen molar-refractivity contribution in [2.45, 2.75) is 71.5 Å². The van der Waals surface area contributed by atoms with Gasteiger partial charge in [-0.3, -0.25) is 0 Å². The van der Waals surface area contributed by atoms with Gasteiger partial charge in [0.05, 0.1) is 0 Å². The van der Waals surface area contributed by atoms with Gasteiger partial charge < -0.3 is 11.1 Å². The maximum atomic E-state index is 6.11. The van der Waals surface area contributed by atoms with E-state index in [1.54, 1.807) is 0 Å². The molecule has 0 bridgehead atoms. The average Bonchev–Trinajstić information content (AvgIpc) is 2.07. The lowest BCUT2D eigenvalue weighted by atomic mass is 9.85. The highest BCUT2D eigenvalue weighted by Gasteiger charge is 2.27. The monoisotopic (exact) mass is 198 g/mol. The second kappa shape index (κ2) is 4.63. The van der Waals surface area contributed by atoms with Crippen LogP contribution in [0.15, 0.2) is 0 Å². The Labute approximate surface area is 88.6 Å². The Hall–Kier alpha value is -0.0800. The molecule has 0 amide bonds. The van der Waals surface area contributed by atoms with E-state index in [4.69, 9.17) is 5.73 Å². The van der Waals surface area contributed by atoms with Gasteiger partial charge in [-0.05, 0) is 25.2 Å². The summed E-state index contributed by atoms with van der Waals surface area (Å²) in [5, 5.41) is 3.68. The Bertz CT molecular complexity index is 172. The predicted molar refractivity (Wildman–Crippen MR) is 62.3 cm³/mol. The maximum Gasteiger partial charge on any atom is 0.0221 e. The van der Waals surface area contributed by atoms with Crippen molar-refractivity contribution in [1.82, 2.24) is 5.32 Å². The summed E-state index contributed by atoms with van der Waals surface area (Å²) in [6, 6.07) is 1.45. The smallest absolute Gasteiger partial charge is 0.0221 e. The summed E-state index contributed by atoms with van der Waals surface area (Å²) >= 11 is 0. The molecule has 0 aromatic rings. The van der Waals surface area contributed by atoms with Gasteiger partial charge in [-0.25, -0.2) is 0 Å². The topological polar surface area (TPSA) is 38.0 Å². The molecule has 84 valence electrons. The van der Waals surface area contributed by atoms with Gasteiger partial charge in [-0.1, -0.05) is 33.6 Å². The fraction of sp³-hybridized carbons (Fsp3) is 1.00.